The summed E-state index contributed by atoms with van der Waals surface area (Å²) in [5.74, 6) is -1.23. The highest BCUT2D eigenvalue weighted by Gasteiger charge is 2.20. The van der Waals surface area contributed by atoms with Crippen LogP contribution in [0.15, 0.2) is 29.2 Å². The van der Waals surface area contributed by atoms with E-state index in [4.69, 9.17) is 16.7 Å². The van der Waals surface area contributed by atoms with Crippen molar-refractivity contribution in [3.8, 4) is 0 Å². The first-order valence-electron chi connectivity index (χ1n) is 5.29. The molecule has 0 saturated heterocycles. The molecule has 1 N–H and O–H groups in total. The van der Waals surface area contributed by atoms with E-state index in [0.29, 0.717) is 5.02 Å². The number of thioether (sulfide) groups is 1. The van der Waals surface area contributed by atoms with Gasteiger partial charge in [0.05, 0.1) is 5.25 Å². The molecule has 18 heavy (non-hydrogen) atoms. The van der Waals surface area contributed by atoms with Gasteiger partial charge in [-0.15, -0.1) is 11.8 Å². The molecule has 1 unspecified atom stereocenters. The highest BCUT2D eigenvalue weighted by Crippen LogP contribution is 2.25. The Balaban J connectivity index is 2.59. The van der Waals surface area contributed by atoms with Crippen molar-refractivity contribution in [2.75, 3.05) is 13.6 Å². The van der Waals surface area contributed by atoms with Gasteiger partial charge in [0.1, 0.15) is 6.54 Å². The third kappa shape index (κ3) is 4.58. The van der Waals surface area contributed by atoms with Crippen molar-refractivity contribution >= 4 is 35.2 Å². The molecule has 0 radical (unpaired) electrons. The number of benzene rings is 1. The second-order valence-corrected chi connectivity index (χ2v) is 5.65. The quantitative estimate of drug-likeness (QED) is 0.845. The first kappa shape index (κ1) is 14.9. The van der Waals surface area contributed by atoms with E-state index in [-0.39, 0.29) is 17.7 Å². The van der Waals surface area contributed by atoms with Crippen LogP contribution in [0.4, 0.5) is 0 Å². The lowest BCUT2D eigenvalue weighted by molar-refractivity contribution is -0.143. The molecular formula is C12H14ClNO3S. The fourth-order valence-corrected chi connectivity index (χ4v) is 2.47. The molecule has 0 aliphatic rings. The minimum absolute atomic E-state index is 0.211. The van der Waals surface area contributed by atoms with Crippen LogP contribution in [0.2, 0.25) is 5.02 Å². The van der Waals surface area contributed by atoms with Crippen molar-refractivity contribution in [1.82, 2.24) is 4.90 Å². The predicted octanol–water partition coefficient (Wildman–Crippen LogP) is 2.36. The summed E-state index contributed by atoms with van der Waals surface area (Å²) in [5.41, 5.74) is 0. The third-order valence-electron chi connectivity index (χ3n) is 2.22. The summed E-state index contributed by atoms with van der Waals surface area (Å²) >= 11 is 7.14. The molecule has 0 heterocycles. The van der Waals surface area contributed by atoms with Crippen molar-refractivity contribution in [1.29, 1.82) is 0 Å². The number of carbonyl (C=O) groups is 2. The van der Waals surface area contributed by atoms with Gasteiger partial charge in [0.15, 0.2) is 0 Å². The molecule has 1 amide bonds. The highest BCUT2D eigenvalue weighted by atomic mass is 35.5. The summed E-state index contributed by atoms with van der Waals surface area (Å²) in [6.45, 7) is 1.46. The number of rotatable bonds is 5. The van der Waals surface area contributed by atoms with Crippen LogP contribution in [0, 0.1) is 0 Å². The van der Waals surface area contributed by atoms with E-state index in [1.54, 1.807) is 19.1 Å². The number of aliphatic carboxylic acids is 1. The molecule has 0 fully saturated rings. The van der Waals surface area contributed by atoms with Crippen LogP contribution in [0.25, 0.3) is 0 Å². The average Bonchev–Trinajstić information content (AvgIpc) is 2.30. The molecule has 1 atom stereocenters. The van der Waals surface area contributed by atoms with Gasteiger partial charge in [0, 0.05) is 17.0 Å². The number of amides is 1. The van der Waals surface area contributed by atoms with Gasteiger partial charge in [-0.1, -0.05) is 11.6 Å². The van der Waals surface area contributed by atoms with E-state index < -0.39 is 5.97 Å². The highest BCUT2D eigenvalue weighted by molar-refractivity contribution is 8.00. The van der Waals surface area contributed by atoms with Crippen LogP contribution < -0.4 is 0 Å². The number of carboxylic acids is 1. The monoisotopic (exact) mass is 287 g/mol. The van der Waals surface area contributed by atoms with E-state index >= 15 is 0 Å². The van der Waals surface area contributed by atoms with Gasteiger partial charge in [0.2, 0.25) is 5.91 Å². The first-order valence-corrected chi connectivity index (χ1v) is 6.55. The normalized spacial score (nSPS) is 11.9. The van der Waals surface area contributed by atoms with Gasteiger partial charge < -0.3 is 10.0 Å². The predicted molar refractivity (Wildman–Crippen MR) is 72.0 cm³/mol. The maximum absolute atomic E-state index is 11.9. The van der Waals surface area contributed by atoms with E-state index in [1.807, 2.05) is 12.1 Å². The number of nitrogens with zero attached hydrogens (tertiary/aromatic N) is 1. The Labute approximate surface area is 115 Å². The van der Waals surface area contributed by atoms with Crippen LogP contribution in [-0.4, -0.2) is 40.7 Å². The topological polar surface area (TPSA) is 57.6 Å². The molecule has 0 aliphatic heterocycles. The largest absolute Gasteiger partial charge is 0.480 e. The number of carboxylic acid groups (broad SMARTS) is 1. The molecule has 0 spiro atoms. The molecule has 4 nitrogen and oxygen atoms in total. The van der Waals surface area contributed by atoms with Gasteiger partial charge >= 0.3 is 5.97 Å². The van der Waals surface area contributed by atoms with Crippen LogP contribution in [-0.2, 0) is 9.59 Å². The van der Waals surface area contributed by atoms with Crippen LogP contribution in [0.3, 0.4) is 0 Å². The summed E-state index contributed by atoms with van der Waals surface area (Å²) in [4.78, 5) is 24.5. The summed E-state index contributed by atoms with van der Waals surface area (Å²) in [5, 5.41) is 8.92. The first-order chi connectivity index (χ1) is 8.40. The smallest absolute Gasteiger partial charge is 0.323 e. The van der Waals surface area contributed by atoms with E-state index in [0.717, 1.165) is 4.90 Å². The lowest BCUT2D eigenvalue weighted by Gasteiger charge is -2.19. The van der Waals surface area contributed by atoms with Gasteiger partial charge in [-0.2, -0.15) is 0 Å². The second kappa shape index (κ2) is 6.66. The SMILES string of the molecule is CC(Sc1ccc(Cl)cc1)C(=O)N(C)CC(=O)O. The van der Waals surface area contributed by atoms with Crippen molar-refractivity contribution in [3.05, 3.63) is 29.3 Å². The summed E-state index contributed by atoms with van der Waals surface area (Å²) in [7, 11) is 1.48. The number of halogens is 1. The Kier molecular flexibility index (Phi) is 5.50. The third-order valence-corrected chi connectivity index (χ3v) is 3.57. The Bertz CT molecular complexity index is 435. The lowest BCUT2D eigenvalue weighted by atomic mass is 10.4. The minimum atomic E-state index is -1.02. The van der Waals surface area contributed by atoms with Gasteiger partial charge in [-0.3, -0.25) is 9.59 Å². The van der Waals surface area contributed by atoms with E-state index in [9.17, 15) is 9.59 Å². The maximum Gasteiger partial charge on any atom is 0.323 e. The molecule has 0 bridgehead atoms. The van der Waals surface area contributed by atoms with E-state index in [2.05, 4.69) is 0 Å². The Morgan fingerprint density at radius 2 is 1.94 bits per heavy atom. The Hall–Kier alpha value is -1.20. The molecule has 0 aliphatic carbocycles. The van der Waals surface area contributed by atoms with Gasteiger partial charge in [-0.25, -0.2) is 0 Å². The average molecular weight is 288 g/mol. The fraction of sp³-hybridized carbons (Fsp3) is 0.333. The summed E-state index contributed by atoms with van der Waals surface area (Å²) in [6, 6.07) is 7.16. The summed E-state index contributed by atoms with van der Waals surface area (Å²) < 4.78 is 0. The summed E-state index contributed by atoms with van der Waals surface area (Å²) in [6.07, 6.45) is 0. The van der Waals surface area contributed by atoms with Crippen molar-refractivity contribution < 1.29 is 14.7 Å². The molecule has 98 valence electrons. The molecule has 1 aromatic carbocycles. The number of carbonyl (C=O) groups excluding carboxylic acids is 1. The second-order valence-electron chi connectivity index (χ2n) is 3.80. The van der Waals surface area contributed by atoms with Gasteiger partial charge in [-0.05, 0) is 31.2 Å². The van der Waals surface area contributed by atoms with Crippen LogP contribution in [0.5, 0.6) is 0 Å². The molecular weight excluding hydrogens is 274 g/mol. The minimum Gasteiger partial charge on any atom is -0.480 e. The van der Waals surface area contributed by atoms with Crippen LogP contribution >= 0.6 is 23.4 Å². The lowest BCUT2D eigenvalue weighted by Crippen LogP contribution is -2.36. The zero-order valence-corrected chi connectivity index (χ0v) is 11.7. The molecule has 0 saturated carbocycles. The molecule has 0 aromatic heterocycles. The zero-order chi connectivity index (χ0) is 13.7. The standard InChI is InChI=1S/C12H14ClNO3S/c1-8(12(17)14(2)7-11(15)16)18-10-5-3-9(13)4-6-10/h3-6,8H,7H2,1-2H3,(H,15,16). The maximum atomic E-state index is 11.9. The van der Waals surface area contributed by atoms with Crippen molar-refractivity contribution in [2.45, 2.75) is 17.1 Å². The van der Waals surface area contributed by atoms with Crippen LogP contribution in [0.1, 0.15) is 6.92 Å². The molecule has 6 heteroatoms. The van der Waals surface area contributed by atoms with Gasteiger partial charge in [0.25, 0.3) is 0 Å². The van der Waals surface area contributed by atoms with Crippen molar-refractivity contribution in [2.24, 2.45) is 0 Å². The number of hydrogen-bond acceptors (Lipinski definition) is 3. The van der Waals surface area contributed by atoms with Crippen molar-refractivity contribution in [3.63, 3.8) is 0 Å². The number of hydrogen-bond donors (Lipinski definition) is 1. The van der Waals surface area contributed by atoms with E-state index in [1.165, 1.54) is 23.7 Å². The molecule has 1 rings (SSSR count). The zero-order valence-electron chi connectivity index (χ0n) is 10.1. The number of likely N-dealkylation sites (N-methyl/N-ethyl adjacent to an activating group) is 1. The molecule has 1 aromatic rings. The Morgan fingerprint density at radius 3 is 2.44 bits per heavy atom. The fourth-order valence-electron chi connectivity index (χ4n) is 1.36. The Morgan fingerprint density at radius 1 is 1.39 bits per heavy atom.